The van der Waals surface area contributed by atoms with Crippen molar-refractivity contribution in [3.05, 3.63) is 59.3 Å². The number of nitrogens with one attached hydrogen (secondary N) is 2. The number of amides is 1. The molecule has 1 amide bonds. The number of benzene rings is 1. The van der Waals surface area contributed by atoms with Crippen LogP contribution in [0.25, 0.3) is 0 Å². The number of carbonyl (C=O) groups is 2. The highest BCUT2D eigenvalue weighted by Crippen LogP contribution is 2.34. The number of carbonyl (C=O) groups excluding carboxylic acids is 1. The third-order valence-corrected chi connectivity index (χ3v) is 8.44. The molecule has 1 aromatic carbocycles. The van der Waals surface area contributed by atoms with Gasteiger partial charge in [0, 0.05) is 30.8 Å². The van der Waals surface area contributed by atoms with E-state index in [1.54, 1.807) is 0 Å². The van der Waals surface area contributed by atoms with Crippen molar-refractivity contribution in [2.45, 2.75) is 88.9 Å². The van der Waals surface area contributed by atoms with Gasteiger partial charge in [0.25, 0.3) is 0 Å². The number of aromatic nitrogens is 1. The Hall–Kier alpha value is -3.57. The normalized spacial score (nSPS) is 23.9. The molecule has 8 heteroatoms. The van der Waals surface area contributed by atoms with Crippen molar-refractivity contribution in [1.29, 1.82) is 0 Å². The first-order valence-electron chi connectivity index (χ1n) is 15.1. The van der Waals surface area contributed by atoms with Gasteiger partial charge in [0.2, 0.25) is 0 Å². The van der Waals surface area contributed by atoms with Crippen molar-refractivity contribution in [3.63, 3.8) is 0 Å². The first kappa shape index (κ1) is 28.9. The summed E-state index contributed by atoms with van der Waals surface area (Å²) in [5.74, 6) is 6.94. The van der Waals surface area contributed by atoms with Crippen LogP contribution < -0.4 is 10.6 Å². The van der Waals surface area contributed by atoms with Crippen LogP contribution in [0.5, 0.6) is 0 Å². The van der Waals surface area contributed by atoms with Gasteiger partial charge in [-0.05, 0) is 87.5 Å². The van der Waals surface area contributed by atoms with Crippen LogP contribution in [0.4, 0.5) is 10.6 Å². The molecule has 0 radical (unpaired) electrons. The Kier molecular flexibility index (Phi) is 10.1. The number of carboxylic acids is 1. The number of hydrogen-bond acceptors (Lipinski definition) is 6. The molecular formula is C33H41N3O5. The Balaban J connectivity index is 1.00. The van der Waals surface area contributed by atoms with Crippen LogP contribution in [-0.4, -0.2) is 53.6 Å². The molecule has 0 bridgehead atoms. The number of aryl methyl sites for hydroxylation is 2. The van der Waals surface area contributed by atoms with E-state index in [0.717, 1.165) is 87.8 Å². The maximum Gasteiger partial charge on any atom is 0.408 e. The number of hydrogen-bond donors (Lipinski definition) is 3. The van der Waals surface area contributed by atoms with Gasteiger partial charge < -0.3 is 25.2 Å². The Morgan fingerprint density at radius 1 is 1.10 bits per heavy atom. The van der Waals surface area contributed by atoms with E-state index < -0.39 is 18.1 Å². The highest BCUT2D eigenvalue weighted by molar-refractivity contribution is 5.79. The predicted molar refractivity (Wildman–Crippen MR) is 157 cm³/mol. The summed E-state index contributed by atoms with van der Waals surface area (Å²) in [6.07, 6.45) is 9.12. The van der Waals surface area contributed by atoms with E-state index in [0.29, 0.717) is 5.92 Å². The van der Waals surface area contributed by atoms with Crippen LogP contribution in [0.1, 0.15) is 74.6 Å². The van der Waals surface area contributed by atoms with Gasteiger partial charge in [0.1, 0.15) is 18.0 Å². The van der Waals surface area contributed by atoms with Crippen molar-refractivity contribution in [3.8, 4) is 11.8 Å². The minimum atomic E-state index is -1.09. The van der Waals surface area contributed by atoms with Crippen molar-refractivity contribution < 1.29 is 24.2 Å². The SMILES string of the molecule is O=C(N[C@@H](CCOC1CC(CCc2ccc3c(n2)NCCC3)C1)C(=O)O)O[C@@H]1CCCC[C@H]1C#Cc1ccccc1. The molecule has 0 unspecified atom stereocenters. The summed E-state index contributed by atoms with van der Waals surface area (Å²) in [5.41, 5.74) is 3.37. The smallest absolute Gasteiger partial charge is 0.408 e. The fourth-order valence-electron chi connectivity index (χ4n) is 5.93. The summed E-state index contributed by atoms with van der Waals surface area (Å²) in [6.45, 7) is 1.27. The third-order valence-electron chi connectivity index (χ3n) is 8.44. The van der Waals surface area contributed by atoms with Gasteiger partial charge >= 0.3 is 12.1 Å². The number of aliphatic carboxylic acids is 1. The van der Waals surface area contributed by atoms with E-state index in [1.807, 2.05) is 30.3 Å². The maximum atomic E-state index is 12.6. The van der Waals surface area contributed by atoms with Gasteiger partial charge in [0.15, 0.2) is 0 Å². The molecule has 0 saturated heterocycles. The number of carboxylic acid groups (broad SMARTS) is 1. The molecule has 2 heterocycles. The van der Waals surface area contributed by atoms with E-state index in [4.69, 9.17) is 14.5 Å². The summed E-state index contributed by atoms with van der Waals surface area (Å²) in [6, 6.07) is 13.0. The van der Waals surface area contributed by atoms with Gasteiger partial charge in [-0.15, -0.1) is 0 Å². The summed E-state index contributed by atoms with van der Waals surface area (Å²) < 4.78 is 11.6. The van der Waals surface area contributed by atoms with Crippen molar-refractivity contribution in [1.82, 2.24) is 10.3 Å². The summed E-state index contributed by atoms with van der Waals surface area (Å²) >= 11 is 0. The number of nitrogens with zero attached hydrogens (tertiary/aromatic N) is 1. The molecule has 3 aliphatic rings. The molecule has 0 spiro atoms. The second-order valence-electron chi connectivity index (χ2n) is 11.5. The predicted octanol–water partition coefficient (Wildman–Crippen LogP) is 5.35. The zero-order valence-electron chi connectivity index (χ0n) is 23.6. The molecule has 41 heavy (non-hydrogen) atoms. The zero-order chi connectivity index (χ0) is 28.4. The summed E-state index contributed by atoms with van der Waals surface area (Å²) in [4.78, 5) is 29.2. The standard InChI is InChI=1S/C33H41N3O5/c37-32(38)29(36-33(39)41-30-11-5-4-9-25(30)14-12-23-7-2-1-3-8-23)18-20-40-28-21-24(22-28)13-16-27-17-15-26-10-6-19-34-31(26)35-27/h1-3,7-8,15,17,24-25,28-30H,4-6,9-11,13,16,18-22H2,(H,34,35)(H,36,39)(H,37,38)/t24?,25-,28?,29-,30+/m0/s1. The lowest BCUT2D eigenvalue weighted by molar-refractivity contribution is -0.140. The molecule has 1 aliphatic heterocycles. The Labute approximate surface area is 242 Å². The number of ether oxygens (including phenoxy) is 2. The highest BCUT2D eigenvalue weighted by Gasteiger charge is 2.31. The second kappa shape index (κ2) is 14.4. The largest absolute Gasteiger partial charge is 0.480 e. The molecule has 218 valence electrons. The number of rotatable bonds is 10. The molecular weight excluding hydrogens is 518 g/mol. The number of anilines is 1. The highest BCUT2D eigenvalue weighted by atomic mass is 16.6. The average Bonchev–Trinajstić information content (AvgIpc) is 2.97. The number of fused-ring (bicyclic) bond motifs is 1. The Bertz CT molecular complexity index is 1230. The van der Waals surface area contributed by atoms with Crippen molar-refractivity contribution >= 4 is 17.9 Å². The van der Waals surface area contributed by atoms with Gasteiger partial charge in [-0.3, -0.25) is 0 Å². The minimum Gasteiger partial charge on any atom is -0.480 e. The van der Waals surface area contributed by atoms with Crippen LogP contribution in [-0.2, 0) is 27.1 Å². The van der Waals surface area contributed by atoms with E-state index in [9.17, 15) is 14.7 Å². The zero-order valence-corrected chi connectivity index (χ0v) is 23.6. The minimum absolute atomic E-state index is 0.0624. The lowest BCUT2D eigenvalue weighted by Gasteiger charge is -2.35. The van der Waals surface area contributed by atoms with Crippen molar-refractivity contribution in [2.75, 3.05) is 18.5 Å². The average molecular weight is 560 g/mol. The fourth-order valence-corrected chi connectivity index (χ4v) is 5.93. The molecule has 2 aromatic rings. The second-order valence-corrected chi connectivity index (χ2v) is 11.5. The molecule has 1 aromatic heterocycles. The van der Waals surface area contributed by atoms with Crippen LogP contribution >= 0.6 is 0 Å². The van der Waals surface area contributed by atoms with Gasteiger partial charge in [0.05, 0.1) is 12.0 Å². The molecule has 2 aliphatic carbocycles. The van der Waals surface area contributed by atoms with Gasteiger partial charge in [-0.2, -0.15) is 0 Å². The number of pyridine rings is 1. The molecule has 8 nitrogen and oxygen atoms in total. The lowest BCUT2D eigenvalue weighted by Crippen LogP contribution is -2.44. The first-order chi connectivity index (χ1) is 20.0. The molecule has 3 atom stereocenters. The molecule has 2 saturated carbocycles. The Morgan fingerprint density at radius 3 is 2.76 bits per heavy atom. The molecule has 2 fully saturated rings. The first-order valence-corrected chi connectivity index (χ1v) is 15.1. The number of alkyl carbamates (subject to hydrolysis) is 1. The van der Waals surface area contributed by atoms with Crippen LogP contribution in [0, 0.1) is 23.7 Å². The van der Waals surface area contributed by atoms with E-state index in [2.05, 4.69) is 34.6 Å². The van der Waals surface area contributed by atoms with Gasteiger partial charge in [-0.1, -0.05) is 42.5 Å². The molecule has 3 N–H and O–H groups in total. The third kappa shape index (κ3) is 8.46. The van der Waals surface area contributed by atoms with Crippen LogP contribution in [0.15, 0.2) is 42.5 Å². The van der Waals surface area contributed by atoms with E-state index >= 15 is 0 Å². The summed E-state index contributed by atoms with van der Waals surface area (Å²) in [5, 5.41) is 15.6. The topological polar surface area (TPSA) is 110 Å². The van der Waals surface area contributed by atoms with E-state index in [1.165, 1.54) is 5.56 Å². The Morgan fingerprint density at radius 2 is 1.93 bits per heavy atom. The monoisotopic (exact) mass is 559 g/mol. The van der Waals surface area contributed by atoms with Crippen LogP contribution in [0.3, 0.4) is 0 Å². The molecule has 5 rings (SSSR count). The van der Waals surface area contributed by atoms with Crippen LogP contribution in [0.2, 0.25) is 0 Å². The quantitative estimate of drug-likeness (QED) is 0.337. The fraction of sp³-hybridized carbons (Fsp3) is 0.545. The van der Waals surface area contributed by atoms with Gasteiger partial charge in [-0.25, -0.2) is 14.6 Å². The maximum absolute atomic E-state index is 12.6. The van der Waals surface area contributed by atoms with E-state index in [-0.39, 0.29) is 31.2 Å². The summed E-state index contributed by atoms with van der Waals surface area (Å²) in [7, 11) is 0. The van der Waals surface area contributed by atoms with Crippen molar-refractivity contribution in [2.24, 2.45) is 11.8 Å². The lowest BCUT2D eigenvalue weighted by atomic mass is 9.79.